The normalized spacial score (nSPS) is 19.2. The molecule has 1 fully saturated rings. The summed E-state index contributed by atoms with van der Waals surface area (Å²) in [5.74, 6) is 1.76. The smallest absolute Gasteiger partial charge is 0.136 e. The van der Waals surface area contributed by atoms with E-state index < -0.39 is 0 Å². The Morgan fingerprint density at radius 3 is 2.79 bits per heavy atom. The van der Waals surface area contributed by atoms with Gasteiger partial charge in [0.25, 0.3) is 0 Å². The second-order valence-electron chi connectivity index (χ2n) is 4.88. The maximum absolute atomic E-state index is 5.75. The lowest BCUT2D eigenvalue weighted by molar-refractivity contribution is 0.327. The van der Waals surface area contributed by atoms with E-state index in [0.717, 1.165) is 28.9 Å². The van der Waals surface area contributed by atoms with Gasteiger partial charge < -0.3 is 14.8 Å². The minimum atomic E-state index is 0.563. The van der Waals surface area contributed by atoms with Gasteiger partial charge in [-0.3, -0.25) is 0 Å². The second-order valence-corrected chi connectivity index (χ2v) is 5.73. The summed E-state index contributed by atoms with van der Waals surface area (Å²) < 4.78 is 12.1. The van der Waals surface area contributed by atoms with Gasteiger partial charge in [0.2, 0.25) is 0 Å². The molecule has 0 aliphatic carbocycles. The van der Waals surface area contributed by atoms with Crippen LogP contribution in [0.25, 0.3) is 0 Å². The monoisotopic (exact) mass is 327 g/mol. The van der Waals surface area contributed by atoms with Gasteiger partial charge >= 0.3 is 0 Å². The van der Waals surface area contributed by atoms with Crippen LogP contribution in [0.15, 0.2) is 16.6 Å². The van der Waals surface area contributed by atoms with Crippen molar-refractivity contribution in [2.75, 3.05) is 20.3 Å². The van der Waals surface area contributed by atoms with E-state index in [0.29, 0.717) is 12.6 Å². The highest BCUT2D eigenvalue weighted by Gasteiger charge is 2.17. The fraction of sp³-hybridized carbons (Fsp3) is 0.600. The van der Waals surface area contributed by atoms with E-state index in [4.69, 9.17) is 9.47 Å². The summed E-state index contributed by atoms with van der Waals surface area (Å²) in [5.41, 5.74) is 1.24. The van der Waals surface area contributed by atoms with Crippen LogP contribution < -0.4 is 14.8 Å². The quantitative estimate of drug-likeness (QED) is 0.897. The number of halogens is 1. The molecular formula is C15H22BrNO2. The van der Waals surface area contributed by atoms with Crippen LogP contribution in [-0.4, -0.2) is 26.3 Å². The molecule has 0 spiro atoms. The van der Waals surface area contributed by atoms with E-state index in [-0.39, 0.29) is 0 Å². The molecule has 0 aromatic heterocycles. The number of piperidine rings is 1. The summed E-state index contributed by atoms with van der Waals surface area (Å²) in [6, 6.07) is 4.67. The number of ether oxygens (including phenoxy) is 2. The SMILES string of the molecule is CCOc1cc(OC)c(Br)cc1CC1CCCCN1. The summed E-state index contributed by atoms with van der Waals surface area (Å²) >= 11 is 3.56. The largest absolute Gasteiger partial charge is 0.495 e. The molecule has 19 heavy (non-hydrogen) atoms. The number of nitrogens with one attached hydrogen (secondary N) is 1. The molecule has 1 aliphatic rings. The maximum Gasteiger partial charge on any atom is 0.136 e. The Balaban J connectivity index is 2.18. The summed E-state index contributed by atoms with van der Waals surface area (Å²) in [4.78, 5) is 0. The number of methoxy groups -OCH3 is 1. The van der Waals surface area contributed by atoms with Crippen LogP contribution in [0.2, 0.25) is 0 Å². The standard InChI is InChI=1S/C15H22BrNO2/c1-3-19-14-10-15(18-2)13(16)9-11(14)8-12-6-4-5-7-17-12/h9-10,12,17H,3-8H2,1-2H3. The first kappa shape index (κ1) is 14.7. The van der Waals surface area contributed by atoms with Crippen LogP contribution in [0.1, 0.15) is 31.7 Å². The van der Waals surface area contributed by atoms with Crippen molar-refractivity contribution >= 4 is 15.9 Å². The van der Waals surface area contributed by atoms with Gasteiger partial charge in [0, 0.05) is 12.1 Å². The van der Waals surface area contributed by atoms with Crippen LogP contribution in [-0.2, 0) is 6.42 Å². The first-order chi connectivity index (χ1) is 9.24. The molecule has 1 unspecified atom stereocenters. The lowest BCUT2D eigenvalue weighted by Gasteiger charge is -2.24. The van der Waals surface area contributed by atoms with Crippen LogP contribution in [0.4, 0.5) is 0 Å². The lowest BCUT2D eigenvalue weighted by atomic mass is 9.97. The van der Waals surface area contributed by atoms with Crippen molar-refractivity contribution in [1.29, 1.82) is 0 Å². The van der Waals surface area contributed by atoms with Gasteiger partial charge in [-0.15, -0.1) is 0 Å². The molecule has 0 bridgehead atoms. The molecule has 0 saturated carbocycles. The Morgan fingerprint density at radius 1 is 1.32 bits per heavy atom. The first-order valence-electron chi connectivity index (χ1n) is 6.97. The zero-order chi connectivity index (χ0) is 13.7. The molecule has 1 aromatic carbocycles. The molecular weight excluding hydrogens is 306 g/mol. The number of hydrogen-bond acceptors (Lipinski definition) is 3. The van der Waals surface area contributed by atoms with Crippen molar-refractivity contribution in [3.63, 3.8) is 0 Å². The minimum absolute atomic E-state index is 0.563. The van der Waals surface area contributed by atoms with Crippen molar-refractivity contribution in [2.45, 2.75) is 38.6 Å². The molecule has 1 aliphatic heterocycles. The van der Waals surface area contributed by atoms with Gasteiger partial charge in [-0.05, 0) is 60.3 Å². The Hall–Kier alpha value is -0.740. The predicted molar refractivity (Wildman–Crippen MR) is 81.2 cm³/mol. The molecule has 1 saturated heterocycles. The highest BCUT2D eigenvalue weighted by atomic mass is 79.9. The fourth-order valence-electron chi connectivity index (χ4n) is 2.55. The average molecular weight is 328 g/mol. The number of hydrogen-bond donors (Lipinski definition) is 1. The molecule has 1 heterocycles. The summed E-state index contributed by atoms with van der Waals surface area (Å²) in [6.45, 7) is 3.82. The van der Waals surface area contributed by atoms with Crippen molar-refractivity contribution in [1.82, 2.24) is 5.32 Å². The van der Waals surface area contributed by atoms with Gasteiger partial charge in [-0.25, -0.2) is 0 Å². The number of benzene rings is 1. The van der Waals surface area contributed by atoms with Gasteiger partial charge in [-0.1, -0.05) is 6.42 Å². The van der Waals surface area contributed by atoms with Gasteiger partial charge in [0.05, 0.1) is 18.2 Å². The summed E-state index contributed by atoms with van der Waals surface area (Å²) in [6.07, 6.45) is 4.87. The summed E-state index contributed by atoms with van der Waals surface area (Å²) in [7, 11) is 1.68. The van der Waals surface area contributed by atoms with Crippen LogP contribution in [0.3, 0.4) is 0 Å². The Kier molecular flexibility index (Phi) is 5.52. The molecule has 2 rings (SSSR count). The fourth-order valence-corrected chi connectivity index (χ4v) is 3.10. The highest BCUT2D eigenvalue weighted by Crippen LogP contribution is 2.34. The number of rotatable bonds is 5. The van der Waals surface area contributed by atoms with E-state index in [9.17, 15) is 0 Å². The second kappa shape index (κ2) is 7.15. The van der Waals surface area contributed by atoms with E-state index in [1.54, 1.807) is 7.11 Å². The van der Waals surface area contributed by atoms with Crippen molar-refractivity contribution in [3.05, 3.63) is 22.2 Å². The summed E-state index contributed by atoms with van der Waals surface area (Å²) in [5, 5.41) is 3.58. The Labute approximate surface area is 123 Å². The average Bonchev–Trinajstić information content (AvgIpc) is 2.43. The highest BCUT2D eigenvalue weighted by molar-refractivity contribution is 9.10. The topological polar surface area (TPSA) is 30.5 Å². The molecule has 1 atom stereocenters. The first-order valence-corrected chi connectivity index (χ1v) is 7.76. The zero-order valence-electron chi connectivity index (χ0n) is 11.7. The van der Waals surface area contributed by atoms with E-state index in [1.165, 1.54) is 24.8 Å². The third-order valence-electron chi connectivity index (χ3n) is 3.51. The van der Waals surface area contributed by atoms with Crippen LogP contribution in [0, 0.1) is 0 Å². The molecule has 1 aromatic rings. The van der Waals surface area contributed by atoms with Gasteiger partial charge in [-0.2, -0.15) is 0 Å². The van der Waals surface area contributed by atoms with E-state index >= 15 is 0 Å². The Bertz CT molecular complexity index is 417. The van der Waals surface area contributed by atoms with E-state index in [1.807, 2.05) is 13.0 Å². The van der Waals surface area contributed by atoms with Crippen molar-refractivity contribution < 1.29 is 9.47 Å². The van der Waals surface area contributed by atoms with Crippen LogP contribution in [0.5, 0.6) is 11.5 Å². The van der Waals surface area contributed by atoms with E-state index in [2.05, 4.69) is 27.3 Å². The molecule has 4 heteroatoms. The molecule has 1 N–H and O–H groups in total. The van der Waals surface area contributed by atoms with Crippen LogP contribution >= 0.6 is 15.9 Å². The minimum Gasteiger partial charge on any atom is -0.495 e. The van der Waals surface area contributed by atoms with Gasteiger partial charge in [0.1, 0.15) is 11.5 Å². The third kappa shape index (κ3) is 3.86. The zero-order valence-corrected chi connectivity index (χ0v) is 13.3. The molecule has 0 amide bonds. The van der Waals surface area contributed by atoms with Crippen molar-refractivity contribution in [3.8, 4) is 11.5 Å². The third-order valence-corrected chi connectivity index (χ3v) is 4.13. The van der Waals surface area contributed by atoms with Crippen molar-refractivity contribution in [2.24, 2.45) is 0 Å². The van der Waals surface area contributed by atoms with Gasteiger partial charge in [0.15, 0.2) is 0 Å². The molecule has 0 radical (unpaired) electrons. The molecule has 3 nitrogen and oxygen atoms in total. The predicted octanol–water partition coefficient (Wildman–Crippen LogP) is 3.54. The maximum atomic E-state index is 5.75. The Morgan fingerprint density at radius 2 is 2.16 bits per heavy atom. The molecule has 106 valence electrons. The lowest BCUT2D eigenvalue weighted by Crippen LogP contribution is -2.35.